The lowest BCUT2D eigenvalue weighted by molar-refractivity contribution is -0.277. The molecule has 14 atom stereocenters. The van der Waals surface area contributed by atoms with E-state index in [9.17, 15) is 75.0 Å². The van der Waals surface area contributed by atoms with Crippen LogP contribution in [0.2, 0.25) is 5.02 Å². The topological polar surface area (TPSA) is 462 Å². The van der Waals surface area contributed by atoms with Crippen molar-refractivity contribution < 1.29 is 108 Å². The molecule has 6 aliphatic heterocycles. The van der Waals surface area contributed by atoms with Gasteiger partial charge >= 0.3 is 5.97 Å². The number of carboxylic acids is 1. The number of hydrogen-bond donors (Lipinski definition) is 16. The molecule has 5 aromatic carbocycles. The molecule has 0 aromatic heterocycles. The number of ketones is 2. The van der Waals surface area contributed by atoms with Crippen molar-refractivity contribution in [3.8, 4) is 57.1 Å². The van der Waals surface area contributed by atoms with Crippen molar-refractivity contribution >= 4 is 58.7 Å². The molecule has 11 rings (SSSR count). The standard InChI is InChI=1S/C62H67ClN6O22/c1-23(2)11-35(65-4)59(84)68-49-38(74)15-29(18-45(64)76)57(82)66-47-28-16-42(56(91-62-55(81)54(80)53(79)44(22-70)90-62)43(17-28)89-41-10-7-27(51(49)77)14-34(41)63)88-40-9-6-26(12-24(40)3)52(78)50-60(85)67-48(61(86)87)33-19-30(71)20-37(73)46(33)32-13-25(5-8-36(32)72)31(21-39(47)75)58(83)69-50/h5-10,12-14,16-17,19-20,23,29,31,35,44,47-55,62,65,70-73,77-81H,11,15,18,21-22H2,1-4H3,(H2,64,76)(H,66,82)(H,67,85)(H,68,84)(H,69,83)(H,86,87)/t29-,31+,35+,44?,47+,48-,49-,50-,51+,52+,53?,54?,55?,62?/m0/s1. The van der Waals surface area contributed by atoms with Gasteiger partial charge in [-0.15, -0.1) is 0 Å². The monoisotopic (exact) mass is 1280 g/mol. The van der Waals surface area contributed by atoms with Crippen LogP contribution in [0.4, 0.5) is 0 Å². The maximum atomic E-state index is 15.9. The quantitative estimate of drug-likeness (QED) is 0.0891. The van der Waals surface area contributed by atoms with Gasteiger partial charge in [-0.3, -0.25) is 33.6 Å². The van der Waals surface area contributed by atoms with Gasteiger partial charge in [0.2, 0.25) is 41.6 Å². The van der Waals surface area contributed by atoms with E-state index in [4.69, 9.17) is 36.3 Å². The van der Waals surface area contributed by atoms with Crippen LogP contribution in [0.15, 0.2) is 78.9 Å². The second kappa shape index (κ2) is 27.2. The predicted octanol–water partition coefficient (Wildman–Crippen LogP) is 1.50. The maximum Gasteiger partial charge on any atom is 0.330 e. The molecule has 0 radical (unpaired) electrons. The molecule has 1 fully saturated rings. The van der Waals surface area contributed by atoms with Crippen LogP contribution in [0.25, 0.3) is 11.1 Å². The lowest BCUT2D eigenvalue weighted by Gasteiger charge is -2.39. The number of aliphatic carboxylic acids is 1. The number of fused-ring (bicyclic) bond motifs is 15. The number of likely N-dealkylation sites (N-methyl/N-ethyl adjacent to an activating group) is 1. The SMILES string of the molecule is CN[C@H](CC(C)C)C(=O)N[C@H]1C(=O)C[C@@H](CC(N)=O)C(=O)N[C@H]2C(=O)C[C@H]3C(=O)N[C@H](C(=O)N[C@H](C(=O)O)c4cc(O)cc(O)c4-c4cc3ccc4O)[C@H](O)c3ccc(c(C)c3)Oc3cc2cc(c3OC2OC(CO)C(O)C(O)C2O)Oc2ccc(cc2Cl)[C@H]1O. The van der Waals surface area contributed by atoms with Gasteiger partial charge in [0.15, 0.2) is 29.1 Å². The highest BCUT2D eigenvalue weighted by atomic mass is 35.5. The number of aryl methyl sites for hydroxylation is 1. The van der Waals surface area contributed by atoms with E-state index >= 15 is 14.4 Å². The number of aliphatic hydroxyl groups is 6. The maximum absolute atomic E-state index is 15.9. The van der Waals surface area contributed by atoms with Crippen LogP contribution in [0.3, 0.4) is 0 Å². The Labute approximate surface area is 522 Å². The van der Waals surface area contributed by atoms with Crippen LogP contribution in [0.5, 0.6) is 46.0 Å². The number of carboxylic acid groups (broad SMARTS) is 1. The van der Waals surface area contributed by atoms with E-state index < -0.39 is 209 Å². The van der Waals surface area contributed by atoms with Crippen LogP contribution in [0.1, 0.15) is 103 Å². The summed E-state index contributed by atoms with van der Waals surface area (Å²) >= 11 is 6.97. The number of halogens is 1. The molecular weight excluding hydrogens is 1220 g/mol. The number of ether oxygens (including phenoxy) is 4. The van der Waals surface area contributed by atoms with Crippen molar-refractivity contribution in [1.82, 2.24) is 26.6 Å². The van der Waals surface area contributed by atoms with Crippen LogP contribution in [-0.4, -0.2) is 161 Å². The number of nitrogens with two attached hydrogens (primary N) is 1. The Morgan fingerprint density at radius 3 is 2.01 bits per heavy atom. The molecule has 1 saturated heterocycles. The Morgan fingerprint density at radius 1 is 0.725 bits per heavy atom. The van der Waals surface area contributed by atoms with Crippen molar-refractivity contribution in [2.24, 2.45) is 17.6 Å². The highest BCUT2D eigenvalue weighted by Gasteiger charge is 2.47. The van der Waals surface area contributed by atoms with Crippen molar-refractivity contribution in [1.29, 1.82) is 0 Å². The largest absolute Gasteiger partial charge is 0.508 e. The van der Waals surface area contributed by atoms with Crippen LogP contribution in [-0.2, 0) is 43.1 Å². The summed E-state index contributed by atoms with van der Waals surface area (Å²) in [7, 11) is 1.50. The minimum atomic E-state index is -2.18. The average Bonchev–Trinajstić information content (AvgIpc) is 0.790. The Morgan fingerprint density at radius 2 is 1.38 bits per heavy atom. The zero-order chi connectivity index (χ0) is 66.2. The van der Waals surface area contributed by atoms with Crippen molar-refractivity contribution in [2.75, 3.05) is 13.7 Å². The van der Waals surface area contributed by atoms with Gasteiger partial charge in [-0.25, -0.2) is 4.79 Å². The minimum Gasteiger partial charge on any atom is -0.508 e. The van der Waals surface area contributed by atoms with Gasteiger partial charge in [0.1, 0.15) is 83.5 Å². The molecular formula is C62H67ClN6O22. The number of carbonyl (C=O) groups is 8. The summed E-state index contributed by atoms with van der Waals surface area (Å²) in [6.45, 7) is 4.21. The number of hydrogen-bond acceptors (Lipinski definition) is 22. The Hall–Kier alpha value is -8.97. The number of primary amides is 1. The second-order valence-electron chi connectivity index (χ2n) is 23.1. The number of carbonyl (C=O) groups excluding carboxylic acids is 7. The summed E-state index contributed by atoms with van der Waals surface area (Å²) < 4.78 is 25.2. The Kier molecular flexibility index (Phi) is 19.9. The van der Waals surface area contributed by atoms with E-state index in [1.807, 2.05) is 13.8 Å². The van der Waals surface area contributed by atoms with Crippen molar-refractivity contribution in [2.45, 2.75) is 125 Å². The molecule has 11 bridgehead atoms. The van der Waals surface area contributed by atoms with E-state index in [2.05, 4.69) is 26.6 Å². The number of phenolic OH excluding ortho intramolecular Hbond substituents is 3. The highest BCUT2D eigenvalue weighted by Crippen LogP contribution is 2.49. The molecule has 6 heterocycles. The first-order valence-electron chi connectivity index (χ1n) is 28.7. The van der Waals surface area contributed by atoms with E-state index in [0.29, 0.717) is 0 Å². The third-order valence-corrected chi connectivity index (χ3v) is 16.5. The Balaban J connectivity index is 1.32. The van der Waals surface area contributed by atoms with E-state index in [0.717, 1.165) is 42.5 Å². The molecule has 6 aliphatic rings. The molecule has 29 heteroatoms. The fourth-order valence-corrected chi connectivity index (χ4v) is 11.7. The molecule has 484 valence electrons. The van der Waals surface area contributed by atoms with Gasteiger partial charge in [-0.05, 0) is 109 Å². The summed E-state index contributed by atoms with van der Waals surface area (Å²) in [5.41, 5.74) is 3.75. The van der Waals surface area contributed by atoms with Crippen molar-refractivity contribution in [3.63, 3.8) is 0 Å². The zero-order valence-corrected chi connectivity index (χ0v) is 49.8. The van der Waals surface area contributed by atoms with Gasteiger partial charge in [0, 0.05) is 42.0 Å². The molecule has 5 amide bonds. The number of aromatic hydroxyl groups is 3. The first-order chi connectivity index (χ1) is 43.1. The summed E-state index contributed by atoms with van der Waals surface area (Å²) in [4.78, 5) is 116. The molecule has 17 N–H and O–H groups in total. The lowest BCUT2D eigenvalue weighted by atomic mass is 9.84. The molecule has 0 aliphatic carbocycles. The normalized spacial score (nSPS) is 26.4. The Bertz CT molecular complexity index is 3720. The van der Waals surface area contributed by atoms with Gasteiger partial charge in [-0.1, -0.05) is 43.6 Å². The first kappa shape index (κ1) is 66.4. The van der Waals surface area contributed by atoms with Gasteiger partial charge in [0.25, 0.3) is 0 Å². The van der Waals surface area contributed by atoms with E-state index in [-0.39, 0.29) is 56.7 Å². The van der Waals surface area contributed by atoms with Crippen LogP contribution < -0.4 is 46.5 Å². The average molecular weight is 1280 g/mol. The number of nitrogens with one attached hydrogen (secondary N) is 5. The van der Waals surface area contributed by atoms with Gasteiger partial charge in [0.05, 0.1) is 29.5 Å². The molecule has 0 spiro atoms. The van der Waals surface area contributed by atoms with Crippen LogP contribution in [0, 0.1) is 18.8 Å². The first-order valence-corrected chi connectivity index (χ1v) is 29.1. The number of phenols is 3. The number of amides is 5. The summed E-state index contributed by atoms with van der Waals surface area (Å²) in [6.07, 6.45) is -16.3. The minimum absolute atomic E-state index is 0.0559. The smallest absolute Gasteiger partial charge is 0.330 e. The summed E-state index contributed by atoms with van der Waals surface area (Å²) in [5, 5.41) is 125. The van der Waals surface area contributed by atoms with Gasteiger partial charge in [-0.2, -0.15) is 0 Å². The predicted molar refractivity (Wildman–Crippen MR) is 315 cm³/mol. The summed E-state index contributed by atoms with van der Waals surface area (Å²) in [5.74, 6) is -17.6. The van der Waals surface area contributed by atoms with Gasteiger partial charge < -0.3 is 102 Å². The number of rotatable bonds is 11. The van der Waals surface area contributed by atoms with E-state index in [1.54, 1.807) is 0 Å². The molecule has 5 aromatic rings. The highest BCUT2D eigenvalue weighted by molar-refractivity contribution is 6.32. The molecule has 0 saturated carbocycles. The third-order valence-electron chi connectivity index (χ3n) is 16.2. The molecule has 28 nitrogen and oxygen atoms in total. The number of Topliss-reactive ketones (excluding diaryl/α,β-unsaturated/α-hetero) is 2. The lowest BCUT2D eigenvalue weighted by Crippen LogP contribution is -2.60. The number of benzene rings is 5. The van der Waals surface area contributed by atoms with Crippen molar-refractivity contribution in [3.05, 3.63) is 117 Å². The zero-order valence-electron chi connectivity index (χ0n) is 49.0. The number of aliphatic hydroxyl groups excluding tert-OH is 6. The third kappa shape index (κ3) is 14.0. The molecule has 91 heavy (non-hydrogen) atoms. The van der Waals surface area contributed by atoms with E-state index in [1.165, 1.54) is 50.4 Å². The van der Waals surface area contributed by atoms with Crippen LogP contribution >= 0.6 is 11.6 Å². The second-order valence-corrected chi connectivity index (χ2v) is 23.5. The fourth-order valence-electron chi connectivity index (χ4n) is 11.4. The fraction of sp³-hybridized carbons (Fsp3) is 0.387. The summed E-state index contributed by atoms with van der Waals surface area (Å²) in [6, 6.07) is 5.41. The molecule has 5 unspecified atom stereocenters.